The number of benzene rings is 1. The van der Waals surface area contributed by atoms with Crippen LogP contribution >= 0.6 is 11.3 Å². The van der Waals surface area contributed by atoms with Gasteiger partial charge in [0, 0.05) is 12.1 Å². The quantitative estimate of drug-likeness (QED) is 0.503. The number of aromatic amines is 1. The number of aromatic nitrogens is 4. The largest absolute Gasteiger partial charge is 0.383 e. The average molecular weight is 367 g/mol. The van der Waals surface area contributed by atoms with E-state index < -0.39 is 11.6 Å². The van der Waals surface area contributed by atoms with Gasteiger partial charge in [0.05, 0.1) is 26.2 Å². The van der Waals surface area contributed by atoms with Crippen LogP contribution in [0.15, 0.2) is 18.6 Å². The molecule has 3 heterocycles. The van der Waals surface area contributed by atoms with Crippen molar-refractivity contribution in [1.82, 2.24) is 19.9 Å². The first-order chi connectivity index (χ1) is 12.6. The zero-order valence-electron chi connectivity index (χ0n) is 13.3. The number of nitrogens with two attached hydrogens (primary N) is 1. The summed E-state index contributed by atoms with van der Waals surface area (Å²) >= 11 is 1.35. The minimum absolute atomic E-state index is 0.185. The fourth-order valence-electron chi connectivity index (χ4n) is 2.85. The van der Waals surface area contributed by atoms with Gasteiger partial charge < -0.3 is 10.7 Å². The maximum atomic E-state index is 14.8. The number of H-pyrrole nitrogens is 1. The van der Waals surface area contributed by atoms with Crippen molar-refractivity contribution in [2.24, 2.45) is 0 Å². The summed E-state index contributed by atoms with van der Waals surface area (Å²) in [7, 11) is 0. The normalized spacial score (nSPS) is 13.9. The first kappa shape index (κ1) is 15.2. The van der Waals surface area contributed by atoms with Crippen molar-refractivity contribution in [2.45, 2.75) is 18.8 Å². The van der Waals surface area contributed by atoms with Gasteiger partial charge in [-0.1, -0.05) is 11.8 Å². The lowest BCUT2D eigenvalue weighted by Crippen LogP contribution is -1.93. The van der Waals surface area contributed by atoms with Crippen LogP contribution in [0.3, 0.4) is 0 Å². The number of nitrogens with one attached hydrogen (secondary N) is 1. The van der Waals surface area contributed by atoms with E-state index in [0.717, 1.165) is 17.8 Å². The number of halogens is 2. The van der Waals surface area contributed by atoms with E-state index in [1.54, 1.807) is 6.20 Å². The molecule has 1 aliphatic rings. The van der Waals surface area contributed by atoms with Crippen LogP contribution in [0, 0.1) is 23.5 Å². The van der Waals surface area contributed by atoms with Crippen molar-refractivity contribution < 1.29 is 8.78 Å². The fraction of sp³-hybridized carbons (Fsp3) is 0.167. The third kappa shape index (κ3) is 2.32. The number of nitrogen functional groups attached to an aromatic ring is 1. The number of hydrogen-bond donors (Lipinski definition) is 2. The molecule has 0 atom stereocenters. The van der Waals surface area contributed by atoms with Gasteiger partial charge in [-0.25, -0.2) is 23.7 Å². The number of nitrogens with zero attached hydrogens (tertiary/aromatic N) is 3. The lowest BCUT2D eigenvalue weighted by Gasteiger charge is -1.98. The molecule has 26 heavy (non-hydrogen) atoms. The monoisotopic (exact) mass is 367 g/mol. The second kappa shape index (κ2) is 5.47. The van der Waals surface area contributed by atoms with Crippen LogP contribution in [0.1, 0.15) is 34.9 Å². The van der Waals surface area contributed by atoms with Crippen LogP contribution in [0.4, 0.5) is 14.6 Å². The van der Waals surface area contributed by atoms with Gasteiger partial charge in [-0.3, -0.25) is 0 Å². The maximum Gasteiger partial charge on any atom is 0.168 e. The van der Waals surface area contributed by atoms with Crippen LogP contribution in [-0.4, -0.2) is 19.9 Å². The van der Waals surface area contributed by atoms with Crippen molar-refractivity contribution in [3.05, 3.63) is 46.4 Å². The maximum absolute atomic E-state index is 14.8. The van der Waals surface area contributed by atoms with E-state index in [4.69, 9.17) is 5.73 Å². The molecule has 5 nitrogen and oxygen atoms in total. The van der Waals surface area contributed by atoms with Crippen molar-refractivity contribution in [1.29, 1.82) is 0 Å². The highest BCUT2D eigenvalue weighted by molar-refractivity contribution is 7.18. The molecule has 0 unspecified atom stereocenters. The van der Waals surface area contributed by atoms with Gasteiger partial charge in [-0.2, -0.15) is 0 Å². The summed E-state index contributed by atoms with van der Waals surface area (Å²) in [5.74, 6) is 4.57. The van der Waals surface area contributed by atoms with E-state index in [1.807, 2.05) is 0 Å². The molecular weight excluding hydrogens is 356 g/mol. The lowest BCUT2D eigenvalue weighted by atomic mass is 10.1. The Bertz CT molecular complexity index is 1240. The molecule has 1 fully saturated rings. The molecule has 0 aliphatic heterocycles. The summed E-state index contributed by atoms with van der Waals surface area (Å²) in [4.78, 5) is 15.2. The molecule has 0 amide bonds. The van der Waals surface area contributed by atoms with Crippen LogP contribution in [-0.2, 0) is 0 Å². The summed E-state index contributed by atoms with van der Waals surface area (Å²) < 4.78 is 29.7. The standard InChI is InChI=1S/C18H11F2N5S/c19-11-5-12-15(25-18(26-12)8-1-2-8)14(20)10(11)4-3-9-6-22-17-13(9)16(21)23-7-24-17/h5-8H,1-2H2,(H3,21,22,23,24). The Morgan fingerprint density at radius 3 is 2.88 bits per heavy atom. The molecule has 0 saturated heterocycles. The third-order valence-corrected chi connectivity index (χ3v) is 5.51. The summed E-state index contributed by atoms with van der Waals surface area (Å²) in [6.45, 7) is 0. The van der Waals surface area contributed by atoms with E-state index in [-0.39, 0.29) is 16.9 Å². The highest BCUT2D eigenvalue weighted by atomic mass is 32.1. The van der Waals surface area contributed by atoms with E-state index in [9.17, 15) is 8.78 Å². The Morgan fingerprint density at radius 1 is 1.23 bits per heavy atom. The molecule has 3 aromatic heterocycles. The highest BCUT2D eigenvalue weighted by Crippen LogP contribution is 2.43. The summed E-state index contributed by atoms with van der Waals surface area (Å²) in [5.41, 5.74) is 6.73. The number of fused-ring (bicyclic) bond motifs is 2. The lowest BCUT2D eigenvalue weighted by molar-refractivity contribution is 0.585. The van der Waals surface area contributed by atoms with Crippen LogP contribution in [0.2, 0.25) is 0 Å². The average Bonchev–Trinajstić information content (AvgIpc) is 3.24. The zero-order valence-corrected chi connectivity index (χ0v) is 14.1. The van der Waals surface area contributed by atoms with Gasteiger partial charge >= 0.3 is 0 Å². The molecule has 1 aromatic carbocycles. The molecule has 1 saturated carbocycles. The number of rotatable bonds is 1. The van der Waals surface area contributed by atoms with Gasteiger partial charge in [0.15, 0.2) is 5.82 Å². The zero-order chi connectivity index (χ0) is 17.8. The molecule has 5 rings (SSSR count). The molecule has 0 spiro atoms. The summed E-state index contributed by atoms with van der Waals surface area (Å²) in [6.07, 6.45) is 5.03. The van der Waals surface area contributed by atoms with E-state index in [2.05, 4.69) is 31.8 Å². The Labute approximate surface area is 150 Å². The van der Waals surface area contributed by atoms with E-state index >= 15 is 0 Å². The van der Waals surface area contributed by atoms with Crippen molar-refractivity contribution in [2.75, 3.05) is 5.73 Å². The minimum Gasteiger partial charge on any atom is -0.383 e. The van der Waals surface area contributed by atoms with Crippen LogP contribution in [0.5, 0.6) is 0 Å². The Kier molecular flexibility index (Phi) is 3.21. The van der Waals surface area contributed by atoms with Crippen molar-refractivity contribution in [3.63, 3.8) is 0 Å². The van der Waals surface area contributed by atoms with Gasteiger partial charge in [-0.15, -0.1) is 11.3 Å². The smallest absolute Gasteiger partial charge is 0.168 e. The van der Waals surface area contributed by atoms with Gasteiger partial charge in [0.2, 0.25) is 0 Å². The summed E-state index contributed by atoms with van der Waals surface area (Å²) in [5, 5.41) is 1.40. The number of thiazole rings is 1. The van der Waals surface area contributed by atoms with E-state index in [1.165, 1.54) is 23.7 Å². The highest BCUT2D eigenvalue weighted by Gasteiger charge is 2.28. The molecule has 8 heteroatoms. The van der Waals surface area contributed by atoms with E-state index in [0.29, 0.717) is 27.2 Å². The van der Waals surface area contributed by atoms with Crippen LogP contribution < -0.4 is 5.73 Å². The van der Waals surface area contributed by atoms with Gasteiger partial charge in [-0.05, 0) is 18.9 Å². The van der Waals surface area contributed by atoms with Gasteiger partial charge in [0.25, 0.3) is 0 Å². The first-order valence-electron chi connectivity index (χ1n) is 8.00. The van der Waals surface area contributed by atoms with Crippen LogP contribution in [0.25, 0.3) is 21.3 Å². The molecule has 0 bridgehead atoms. The Morgan fingerprint density at radius 2 is 2.08 bits per heavy atom. The fourth-order valence-corrected chi connectivity index (χ4v) is 4.01. The minimum atomic E-state index is -0.722. The number of anilines is 1. The Balaban J connectivity index is 1.64. The Hall–Kier alpha value is -3.05. The molecule has 1 aliphatic carbocycles. The topological polar surface area (TPSA) is 80.5 Å². The van der Waals surface area contributed by atoms with Crippen molar-refractivity contribution in [3.8, 4) is 11.8 Å². The first-order valence-corrected chi connectivity index (χ1v) is 8.81. The molecular formula is C18H11F2N5S. The van der Waals surface area contributed by atoms with Gasteiger partial charge in [0.1, 0.15) is 29.1 Å². The predicted molar refractivity (Wildman–Crippen MR) is 95.8 cm³/mol. The second-order valence-electron chi connectivity index (χ2n) is 6.16. The second-order valence-corrected chi connectivity index (χ2v) is 7.22. The molecule has 3 N–H and O–H groups in total. The molecule has 128 valence electrons. The summed E-state index contributed by atoms with van der Waals surface area (Å²) in [6, 6.07) is 1.30. The number of hydrogen-bond acceptors (Lipinski definition) is 5. The van der Waals surface area contributed by atoms with Crippen molar-refractivity contribution >= 4 is 38.4 Å². The third-order valence-electron chi connectivity index (χ3n) is 4.34. The predicted octanol–water partition coefficient (Wildman–Crippen LogP) is 3.71. The SMILES string of the molecule is Nc1ncnc2[nH]cc(C#Cc3c(F)cc4sc(C5CC5)nc4c3F)c12. The molecule has 4 aromatic rings. The molecule has 0 radical (unpaired) electrons.